The van der Waals surface area contributed by atoms with Gasteiger partial charge in [0.1, 0.15) is 5.75 Å². The van der Waals surface area contributed by atoms with E-state index in [1.165, 1.54) is 37.7 Å². The summed E-state index contributed by atoms with van der Waals surface area (Å²) in [5, 5.41) is 20.5. The number of likely N-dealkylation sites (tertiary alicyclic amines) is 1. The topological polar surface area (TPSA) is 43.7 Å². The third kappa shape index (κ3) is 4.20. The van der Waals surface area contributed by atoms with Crippen LogP contribution in [-0.2, 0) is 6.42 Å². The van der Waals surface area contributed by atoms with Crippen LogP contribution in [0.1, 0.15) is 56.9 Å². The summed E-state index contributed by atoms with van der Waals surface area (Å²) < 4.78 is 0. The van der Waals surface area contributed by atoms with E-state index >= 15 is 0 Å². The molecule has 4 rings (SSSR count). The molecule has 3 fully saturated rings. The van der Waals surface area contributed by atoms with Crippen LogP contribution in [0.2, 0.25) is 0 Å². The van der Waals surface area contributed by atoms with Crippen LogP contribution >= 0.6 is 0 Å². The number of fused-ring (bicyclic) bond motifs is 1. The molecule has 3 aliphatic rings. The number of benzene rings is 1. The molecular formula is C22H33NO2. The quantitative estimate of drug-likeness (QED) is 0.850. The second kappa shape index (κ2) is 7.28. The largest absolute Gasteiger partial charge is 0.508 e. The first-order valence-corrected chi connectivity index (χ1v) is 10.3. The maximum Gasteiger partial charge on any atom is 0.115 e. The second-order valence-corrected chi connectivity index (χ2v) is 9.04. The van der Waals surface area contributed by atoms with Crippen LogP contribution in [0.5, 0.6) is 5.75 Å². The standard InChI is InChI=1S/C22H33NO2/c24-21-8-6-17(7-9-21)10-11-23-15-19-13-22(25,14-20(19)16-23)12-18-4-2-1-3-5-18/h6-9,18-20,24-25H,1-5,10-16H2/t19-,20+,22?. The van der Waals surface area contributed by atoms with Crippen LogP contribution in [0.4, 0.5) is 0 Å². The number of aliphatic hydroxyl groups is 1. The Bertz CT molecular complexity index is 550. The molecule has 2 saturated carbocycles. The Labute approximate surface area is 152 Å². The van der Waals surface area contributed by atoms with Crippen LogP contribution in [0.15, 0.2) is 24.3 Å². The van der Waals surface area contributed by atoms with Gasteiger partial charge < -0.3 is 15.1 Å². The van der Waals surface area contributed by atoms with Crippen molar-refractivity contribution in [3.63, 3.8) is 0 Å². The maximum atomic E-state index is 11.1. The van der Waals surface area contributed by atoms with Crippen molar-refractivity contribution in [2.75, 3.05) is 19.6 Å². The van der Waals surface area contributed by atoms with Gasteiger partial charge in [-0.15, -0.1) is 0 Å². The fraction of sp³-hybridized carbons (Fsp3) is 0.727. The van der Waals surface area contributed by atoms with E-state index in [-0.39, 0.29) is 5.60 Å². The molecule has 0 spiro atoms. The molecule has 0 amide bonds. The minimum atomic E-state index is -0.361. The van der Waals surface area contributed by atoms with Crippen molar-refractivity contribution in [1.82, 2.24) is 4.90 Å². The third-order valence-electron chi connectivity index (χ3n) is 6.98. The Morgan fingerprint density at radius 1 is 0.960 bits per heavy atom. The van der Waals surface area contributed by atoms with Crippen LogP contribution < -0.4 is 0 Å². The Morgan fingerprint density at radius 3 is 2.24 bits per heavy atom. The van der Waals surface area contributed by atoms with Crippen molar-refractivity contribution in [1.29, 1.82) is 0 Å². The van der Waals surface area contributed by atoms with Crippen molar-refractivity contribution in [3.05, 3.63) is 29.8 Å². The van der Waals surface area contributed by atoms with E-state index in [2.05, 4.69) is 4.90 Å². The van der Waals surface area contributed by atoms with Crippen LogP contribution in [0.25, 0.3) is 0 Å². The van der Waals surface area contributed by atoms with E-state index < -0.39 is 0 Å². The molecule has 1 unspecified atom stereocenters. The van der Waals surface area contributed by atoms with Crippen molar-refractivity contribution < 1.29 is 10.2 Å². The van der Waals surface area contributed by atoms with Crippen molar-refractivity contribution in [2.45, 2.75) is 63.4 Å². The molecule has 0 radical (unpaired) electrons. The average Bonchev–Trinajstić information content (AvgIpc) is 3.09. The molecule has 3 atom stereocenters. The van der Waals surface area contributed by atoms with Gasteiger partial charge in [-0.25, -0.2) is 0 Å². The van der Waals surface area contributed by atoms with E-state index in [4.69, 9.17) is 0 Å². The van der Waals surface area contributed by atoms with Gasteiger partial charge in [0.25, 0.3) is 0 Å². The summed E-state index contributed by atoms with van der Waals surface area (Å²) in [6.07, 6.45) is 11.0. The Kier molecular flexibility index (Phi) is 5.06. The highest BCUT2D eigenvalue weighted by molar-refractivity contribution is 5.26. The van der Waals surface area contributed by atoms with E-state index in [9.17, 15) is 10.2 Å². The number of hydrogen-bond acceptors (Lipinski definition) is 3. The van der Waals surface area contributed by atoms with E-state index in [0.717, 1.165) is 51.2 Å². The fourth-order valence-corrected chi connectivity index (χ4v) is 5.79. The summed E-state index contributed by atoms with van der Waals surface area (Å²) >= 11 is 0. The molecule has 138 valence electrons. The molecule has 25 heavy (non-hydrogen) atoms. The number of phenolic OH excluding ortho intramolecular Hbond substituents is 1. The minimum Gasteiger partial charge on any atom is -0.508 e. The molecule has 1 saturated heterocycles. The van der Waals surface area contributed by atoms with Gasteiger partial charge in [0.2, 0.25) is 0 Å². The van der Waals surface area contributed by atoms with Gasteiger partial charge in [-0.2, -0.15) is 0 Å². The molecule has 2 aliphatic carbocycles. The van der Waals surface area contributed by atoms with Crippen LogP contribution in [-0.4, -0.2) is 40.3 Å². The lowest BCUT2D eigenvalue weighted by Crippen LogP contribution is -2.33. The Balaban J connectivity index is 1.25. The minimum absolute atomic E-state index is 0.344. The predicted molar refractivity (Wildman–Crippen MR) is 101 cm³/mol. The molecule has 2 N–H and O–H groups in total. The summed E-state index contributed by atoms with van der Waals surface area (Å²) in [7, 11) is 0. The molecule has 0 aromatic heterocycles. The normalized spacial score (nSPS) is 33.6. The second-order valence-electron chi connectivity index (χ2n) is 9.04. The zero-order valence-electron chi connectivity index (χ0n) is 15.4. The lowest BCUT2D eigenvalue weighted by Gasteiger charge is -2.32. The summed E-state index contributed by atoms with van der Waals surface area (Å²) in [5.41, 5.74) is 0.934. The number of rotatable bonds is 5. The predicted octanol–water partition coefficient (Wildman–Crippen LogP) is 3.98. The Hall–Kier alpha value is -1.06. The van der Waals surface area contributed by atoms with E-state index in [0.29, 0.717) is 17.6 Å². The molecule has 1 aliphatic heterocycles. The highest BCUT2D eigenvalue weighted by Gasteiger charge is 2.48. The van der Waals surface area contributed by atoms with Crippen molar-refractivity contribution in [3.8, 4) is 5.75 Å². The van der Waals surface area contributed by atoms with Crippen LogP contribution in [0.3, 0.4) is 0 Å². The molecule has 0 bridgehead atoms. The fourth-order valence-electron chi connectivity index (χ4n) is 5.79. The number of nitrogens with zero attached hydrogens (tertiary/aromatic N) is 1. The zero-order chi connectivity index (χ0) is 17.3. The monoisotopic (exact) mass is 343 g/mol. The number of hydrogen-bond donors (Lipinski definition) is 2. The van der Waals surface area contributed by atoms with E-state index in [1.54, 1.807) is 12.1 Å². The maximum absolute atomic E-state index is 11.1. The molecule has 3 heteroatoms. The summed E-state index contributed by atoms with van der Waals surface area (Å²) in [5.74, 6) is 2.53. The van der Waals surface area contributed by atoms with Crippen molar-refractivity contribution >= 4 is 0 Å². The summed E-state index contributed by atoms with van der Waals surface area (Å²) in [6.45, 7) is 3.42. The zero-order valence-corrected chi connectivity index (χ0v) is 15.4. The smallest absolute Gasteiger partial charge is 0.115 e. The van der Waals surface area contributed by atoms with Gasteiger partial charge >= 0.3 is 0 Å². The number of phenols is 1. The van der Waals surface area contributed by atoms with E-state index in [1.807, 2.05) is 12.1 Å². The molecule has 3 nitrogen and oxygen atoms in total. The van der Waals surface area contributed by atoms with Gasteiger partial charge in [0, 0.05) is 19.6 Å². The first-order valence-electron chi connectivity index (χ1n) is 10.3. The average molecular weight is 344 g/mol. The van der Waals surface area contributed by atoms with Gasteiger partial charge in [-0.05, 0) is 61.1 Å². The highest BCUT2D eigenvalue weighted by atomic mass is 16.3. The van der Waals surface area contributed by atoms with Gasteiger partial charge in [-0.3, -0.25) is 0 Å². The molecular weight excluding hydrogens is 310 g/mol. The van der Waals surface area contributed by atoms with Crippen molar-refractivity contribution in [2.24, 2.45) is 17.8 Å². The molecule has 1 heterocycles. The molecule has 1 aromatic rings. The highest BCUT2D eigenvalue weighted by Crippen LogP contribution is 2.47. The Morgan fingerprint density at radius 2 is 1.60 bits per heavy atom. The first-order chi connectivity index (χ1) is 12.1. The lowest BCUT2D eigenvalue weighted by molar-refractivity contribution is 0.00607. The summed E-state index contributed by atoms with van der Waals surface area (Å²) in [6, 6.07) is 7.60. The van der Waals surface area contributed by atoms with Crippen LogP contribution in [0, 0.1) is 17.8 Å². The first kappa shape index (κ1) is 17.4. The van der Waals surface area contributed by atoms with Gasteiger partial charge in [0.05, 0.1) is 5.60 Å². The lowest BCUT2D eigenvalue weighted by atomic mass is 9.79. The summed E-state index contributed by atoms with van der Waals surface area (Å²) in [4.78, 5) is 2.59. The van der Waals surface area contributed by atoms with Gasteiger partial charge in [0.15, 0.2) is 0 Å². The third-order valence-corrected chi connectivity index (χ3v) is 6.98. The molecule has 1 aromatic carbocycles. The number of aromatic hydroxyl groups is 1. The SMILES string of the molecule is Oc1ccc(CCN2C[C@@H]3CC(O)(CC4CCCCC4)C[C@@H]3C2)cc1. The van der Waals surface area contributed by atoms with Gasteiger partial charge in [-0.1, -0.05) is 44.2 Å².